The zero-order valence-corrected chi connectivity index (χ0v) is 15.3. The summed E-state index contributed by atoms with van der Waals surface area (Å²) >= 11 is 6.06. The van der Waals surface area contributed by atoms with Crippen LogP contribution in [0.3, 0.4) is 0 Å². The number of piperazine rings is 1. The summed E-state index contributed by atoms with van der Waals surface area (Å²) in [5.41, 5.74) is 1.64. The molecular weight excluding hydrogens is 350 g/mol. The van der Waals surface area contributed by atoms with Gasteiger partial charge in [-0.15, -0.1) is 0 Å². The molecule has 134 valence electrons. The van der Waals surface area contributed by atoms with Crippen molar-refractivity contribution in [2.45, 2.75) is 13.0 Å². The van der Waals surface area contributed by atoms with Gasteiger partial charge in [-0.25, -0.2) is 0 Å². The molecule has 0 spiro atoms. The molecular formula is C20H20ClN3O2. The van der Waals surface area contributed by atoms with Crippen LogP contribution in [0.4, 0.5) is 5.69 Å². The molecule has 2 aromatic rings. The molecule has 0 aromatic heterocycles. The highest BCUT2D eigenvalue weighted by molar-refractivity contribution is 6.30. The molecule has 0 N–H and O–H groups in total. The van der Waals surface area contributed by atoms with E-state index >= 15 is 0 Å². The lowest BCUT2D eigenvalue weighted by Crippen LogP contribution is -2.52. The molecule has 6 heteroatoms. The Kier molecular flexibility index (Phi) is 5.65. The fourth-order valence-electron chi connectivity index (χ4n) is 2.98. The second-order valence-electron chi connectivity index (χ2n) is 6.19. The fourth-order valence-corrected chi connectivity index (χ4v) is 3.16. The number of halogens is 1. The predicted molar refractivity (Wildman–Crippen MR) is 101 cm³/mol. The normalized spacial score (nSPS) is 15.3. The minimum absolute atomic E-state index is 0.0277. The SMILES string of the molecule is C[C@H](Oc1ccc(C#N)cc1)C(=O)N1CCN(c2cccc(Cl)c2)CC1. The smallest absolute Gasteiger partial charge is 0.263 e. The highest BCUT2D eigenvalue weighted by atomic mass is 35.5. The third-order valence-electron chi connectivity index (χ3n) is 4.41. The van der Waals surface area contributed by atoms with Crippen LogP contribution >= 0.6 is 11.6 Å². The van der Waals surface area contributed by atoms with E-state index in [9.17, 15) is 4.79 Å². The van der Waals surface area contributed by atoms with Crippen LogP contribution in [-0.4, -0.2) is 43.1 Å². The van der Waals surface area contributed by atoms with Crippen LogP contribution in [0.2, 0.25) is 5.02 Å². The van der Waals surface area contributed by atoms with Crippen LogP contribution in [0.1, 0.15) is 12.5 Å². The molecule has 1 amide bonds. The number of carbonyl (C=O) groups is 1. The van der Waals surface area contributed by atoms with Gasteiger partial charge in [-0.1, -0.05) is 17.7 Å². The first-order chi connectivity index (χ1) is 12.6. The molecule has 5 nitrogen and oxygen atoms in total. The molecule has 0 aliphatic carbocycles. The van der Waals surface area contributed by atoms with Crippen LogP contribution in [0.25, 0.3) is 0 Å². The van der Waals surface area contributed by atoms with Gasteiger partial charge in [0.25, 0.3) is 5.91 Å². The number of nitriles is 1. The van der Waals surface area contributed by atoms with Crippen LogP contribution in [0.15, 0.2) is 48.5 Å². The Morgan fingerprint density at radius 3 is 2.46 bits per heavy atom. The summed E-state index contributed by atoms with van der Waals surface area (Å²) in [7, 11) is 0. The van der Waals surface area contributed by atoms with E-state index in [0.29, 0.717) is 29.4 Å². The van der Waals surface area contributed by atoms with Crippen molar-refractivity contribution in [1.29, 1.82) is 5.26 Å². The molecule has 1 atom stereocenters. The Hall–Kier alpha value is -2.71. The van der Waals surface area contributed by atoms with Crippen molar-refractivity contribution in [3.63, 3.8) is 0 Å². The number of nitrogens with zero attached hydrogens (tertiary/aromatic N) is 3. The van der Waals surface area contributed by atoms with Crippen LogP contribution < -0.4 is 9.64 Å². The fraction of sp³-hybridized carbons (Fsp3) is 0.300. The van der Waals surface area contributed by atoms with Gasteiger partial charge in [-0.05, 0) is 49.4 Å². The number of carbonyl (C=O) groups excluding carboxylic acids is 1. The lowest BCUT2D eigenvalue weighted by atomic mass is 10.2. The van der Waals surface area contributed by atoms with E-state index in [2.05, 4.69) is 11.0 Å². The summed E-state index contributed by atoms with van der Waals surface area (Å²) in [6, 6.07) is 16.6. The molecule has 1 heterocycles. The molecule has 2 aromatic carbocycles. The molecule has 26 heavy (non-hydrogen) atoms. The maximum absolute atomic E-state index is 12.6. The molecule has 1 fully saturated rings. The van der Waals surface area contributed by atoms with Crippen molar-refractivity contribution in [3.05, 3.63) is 59.1 Å². The summed E-state index contributed by atoms with van der Waals surface area (Å²) < 4.78 is 5.72. The van der Waals surface area contributed by atoms with Crippen LogP contribution in [0, 0.1) is 11.3 Å². The highest BCUT2D eigenvalue weighted by Gasteiger charge is 2.26. The Balaban J connectivity index is 1.54. The van der Waals surface area contributed by atoms with Gasteiger partial charge < -0.3 is 14.5 Å². The number of hydrogen-bond donors (Lipinski definition) is 0. The number of hydrogen-bond acceptors (Lipinski definition) is 4. The molecule has 0 bridgehead atoms. The average molecular weight is 370 g/mol. The third kappa shape index (κ3) is 4.27. The van der Waals surface area contributed by atoms with Crippen molar-refractivity contribution in [2.24, 2.45) is 0 Å². The van der Waals surface area contributed by atoms with Gasteiger partial charge in [0.15, 0.2) is 6.10 Å². The number of benzene rings is 2. The molecule has 1 saturated heterocycles. The Labute approximate surface area is 158 Å². The Morgan fingerprint density at radius 1 is 1.15 bits per heavy atom. The van der Waals surface area contributed by atoms with E-state index in [1.807, 2.05) is 29.2 Å². The number of amides is 1. The lowest BCUT2D eigenvalue weighted by molar-refractivity contribution is -0.138. The first-order valence-electron chi connectivity index (χ1n) is 8.53. The van der Waals surface area contributed by atoms with Gasteiger partial charge in [0, 0.05) is 36.9 Å². The van der Waals surface area contributed by atoms with Crippen LogP contribution in [0.5, 0.6) is 5.75 Å². The third-order valence-corrected chi connectivity index (χ3v) is 4.64. The van der Waals surface area contributed by atoms with Crippen molar-refractivity contribution >= 4 is 23.2 Å². The number of rotatable bonds is 4. The van der Waals surface area contributed by atoms with Crippen molar-refractivity contribution in [3.8, 4) is 11.8 Å². The monoisotopic (exact) mass is 369 g/mol. The summed E-state index contributed by atoms with van der Waals surface area (Å²) in [5, 5.41) is 9.54. The summed E-state index contributed by atoms with van der Waals surface area (Å²) in [6.45, 7) is 4.56. The van der Waals surface area contributed by atoms with Gasteiger partial charge in [-0.3, -0.25) is 4.79 Å². The minimum atomic E-state index is -0.569. The largest absolute Gasteiger partial charge is 0.481 e. The van der Waals surface area contributed by atoms with E-state index in [1.54, 1.807) is 31.2 Å². The molecule has 0 radical (unpaired) electrons. The maximum Gasteiger partial charge on any atom is 0.263 e. The first-order valence-corrected chi connectivity index (χ1v) is 8.91. The van der Waals surface area contributed by atoms with Gasteiger partial charge in [0.2, 0.25) is 0 Å². The molecule has 0 unspecified atom stereocenters. The summed E-state index contributed by atoms with van der Waals surface area (Å²) in [6.07, 6.45) is -0.569. The van der Waals surface area contributed by atoms with Crippen LogP contribution in [-0.2, 0) is 4.79 Å². The molecule has 1 aliphatic rings. The van der Waals surface area contributed by atoms with Crippen molar-refractivity contribution in [2.75, 3.05) is 31.1 Å². The Morgan fingerprint density at radius 2 is 1.85 bits per heavy atom. The van der Waals surface area contributed by atoms with Gasteiger partial charge in [0.1, 0.15) is 5.75 Å². The second-order valence-corrected chi connectivity index (χ2v) is 6.62. The second kappa shape index (κ2) is 8.11. The van der Waals surface area contributed by atoms with Crippen molar-refractivity contribution < 1.29 is 9.53 Å². The van der Waals surface area contributed by atoms with Gasteiger partial charge in [-0.2, -0.15) is 5.26 Å². The topological polar surface area (TPSA) is 56.6 Å². The zero-order chi connectivity index (χ0) is 18.5. The van der Waals surface area contributed by atoms with E-state index in [0.717, 1.165) is 18.8 Å². The number of anilines is 1. The molecule has 3 rings (SSSR count). The van der Waals surface area contributed by atoms with Gasteiger partial charge >= 0.3 is 0 Å². The standard InChI is InChI=1S/C20H20ClN3O2/c1-15(26-19-7-5-16(14-22)6-8-19)20(25)24-11-9-23(10-12-24)18-4-2-3-17(21)13-18/h2-8,13,15H,9-12H2,1H3/t15-/m0/s1. The number of ether oxygens (including phenoxy) is 1. The minimum Gasteiger partial charge on any atom is -0.481 e. The van der Waals surface area contributed by atoms with E-state index in [-0.39, 0.29) is 5.91 Å². The van der Waals surface area contributed by atoms with E-state index in [4.69, 9.17) is 21.6 Å². The lowest BCUT2D eigenvalue weighted by Gasteiger charge is -2.37. The quantitative estimate of drug-likeness (QED) is 0.829. The summed E-state index contributed by atoms with van der Waals surface area (Å²) in [4.78, 5) is 16.7. The Bertz CT molecular complexity index is 809. The van der Waals surface area contributed by atoms with E-state index < -0.39 is 6.10 Å². The van der Waals surface area contributed by atoms with Crippen molar-refractivity contribution in [1.82, 2.24) is 4.90 Å². The van der Waals surface area contributed by atoms with Gasteiger partial charge in [0.05, 0.1) is 11.6 Å². The maximum atomic E-state index is 12.6. The van der Waals surface area contributed by atoms with E-state index in [1.165, 1.54) is 0 Å². The zero-order valence-electron chi connectivity index (χ0n) is 14.6. The molecule has 1 aliphatic heterocycles. The first kappa shape index (κ1) is 18.1. The highest BCUT2D eigenvalue weighted by Crippen LogP contribution is 2.21. The predicted octanol–water partition coefficient (Wildman–Crippen LogP) is 3.33. The average Bonchev–Trinajstić information content (AvgIpc) is 2.68. The summed E-state index contributed by atoms with van der Waals surface area (Å²) in [5.74, 6) is 0.558. The molecule has 0 saturated carbocycles.